The summed E-state index contributed by atoms with van der Waals surface area (Å²) in [6.07, 6.45) is -3.73. The van der Waals surface area contributed by atoms with Crippen molar-refractivity contribution in [2.75, 3.05) is 7.11 Å². The van der Waals surface area contributed by atoms with Gasteiger partial charge in [-0.25, -0.2) is 13.9 Å². The Labute approximate surface area is 178 Å². The first kappa shape index (κ1) is 22.7. The SMILES string of the molecule is COc1ccc(CNC(=O)c2ccc3nn(C(C)C(N)=O)c(=O)n3c2)c(OC(F)(F)F)c1. The summed E-state index contributed by atoms with van der Waals surface area (Å²) < 4.78 is 48.9. The van der Waals surface area contributed by atoms with Crippen LogP contribution in [0.2, 0.25) is 0 Å². The monoisotopic (exact) mass is 453 g/mol. The first-order chi connectivity index (χ1) is 15.0. The number of amides is 2. The van der Waals surface area contributed by atoms with Crippen LogP contribution in [0.1, 0.15) is 28.9 Å². The van der Waals surface area contributed by atoms with Crippen LogP contribution < -0.4 is 26.2 Å². The van der Waals surface area contributed by atoms with Crippen LogP contribution in [0.25, 0.3) is 5.65 Å². The maximum atomic E-state index is 12.7. The molecule has 0 radical (unpaired) electrons. The predicted molar refractivity (Wildman–Crippen MR) is 104 cm³/mol. The number of benzene rings is 1. The first-order valence-electron chi connectivity index (χ1n) is 9.11. The first-order valence-corrected chi connectivity index (χ1v) is 9.11. The third kappa shape index (κ3) is 4.82. The van der Waals surface area contributed by atoms with Crippen molar-refractivity contribution in [2.45, 2.75) is 25.9 Å². The number of primary amides is 1. The number of nitrogens with one attached hydrogen (secondary N) is 1. The van der Waals surface area contributed by atoms with Crippen LogP contribution >= 0.6 is 0 Å². The fourth-order valence-corrected chi connectivity index (χ4v) is 2.80. The van der Waals surface area contributed by atoms with Gasteiger partial charge in [-0.15, -0.1) is 18.3 Å². The minimum Gasteiger partial charge on any atom is -0.497 e. The Balaban J connectivity index is 1.83. The molecule has 3 rings (SSSR count). The number of aromatic nitrogens is 3. The highest BCUT2D eigenvalue weighted by Crippen LogP contribution is 2.30. The number of alkyl halides is 3. The topological polar surface area (TPSA) is 130 Å². The molecular formula is C19H18F3N5O5. The maximum absolute atomic E-state index is 12.7. The molecule has 0 bridgehead atoms. The molecule has 32 heavy (non-hydrogen) atoms. The zero-order valence-corrected chi connectivity index (χ0v) is 16.8. The number of nitrogens with two attached hydrogens (primary N) is 1. The van der Waals surface area contributed by atoms with Gasteiger partial charge in [-0.2, -0.15) is 0 Å². The van der Waals surface area contributed by atoms with Gasteiger partial charge in [-0.05, 0) is 31.2 Å². The lowest BCUT2D eigenvalue weighted by atomic mass is 10.1. The van der Waals surface area contributed by atoms with Gasteiger partial charge in [0, 0.05) is 24.4 Å². The van der Waals surface area contributed by atoms with E-state index in [1.54, 1.807) is 0 Å². The van der Waals surface area contributed by atoms with Gasteiger partial charge in [-0.3, -0.25) is 9.59 Å². The standard InChI is InChI=1S/C19H18F3N5O5/c1-10(16(23)28)27-18(30)26-9-12(4-6-15(26)25-27)17(29)24-8-11-3-5-13(31-2)7-14(11)32-19(20,21)22/h3-7,9-10H,8H2,1-2H3,(H2,23,28)(H,24,29). The van der Waals surface area contributed by atoms with Gasteiger partial charge in [0.1, 0.15) is 17.5 Å². The largest absolute Gasteiger partial charge is 0.573 e. The number of ether oxygens (including phenoxy) is 2. The highest BCUT2D eigenvalue weighted by atomic mass is 19.4. The molecule has 0 saturated heterocycles. The number of rotatable bonds is 7. The lowest BCUT2D eigenvalue weighted by molar-refractivity contribution is -0.274. The fraction of sp³-hybridized carbons (Fsp3) is 0.263. The number of carbonyl (C=O) groups excluding carboxylic acids is 2. The number of halogens is 3. The third-order valence-electron chi connectivity index (χ3n) is 4.52. The molecule has 0 aliphatic heterocycles. The fourth-order valence-electron chi connectivity index (χ4n) is 2.80. The van der Waals surface area contributed by atoms with E-state index in [0.29, 0.717) is 0 Å². The number of hydrogen-bond donors (Lipinski definition) is 2. The third-order valence-corrected chi connectivity index (χ3v) is 4.52. The van der Waals surface area contributed by atoms with Gasteiger partial charge in [0.2, 0.25) is 5.91 Å². The molecule has 2 heterocycles. The van der Waals surface area contributed by atoms with E-state index < -0.39 is 35.7 Å². The van der Waals surface area contributed by atoms with Crippen molar-refractivity contribution in [2.24, 2.45) is 5.73 Å². The van der Waals surface area contributed by atoms with Crippen molar-refractivity contribution in [1.82, 2.24) is 19.5 Å². The Hall–Kier alpha value is -4.03. The molecule has 2 aromatic heterocycles. The summed E-state index contributed by atoms with van der Waals surface area (Å²) in [6.45, 7) is 1.11. The van der Waals surface area contributed by atoms with Crippen LogP contribution in [-0.2, 0) is 11.3 Å². The molecule has 0 aliphatic rings. The Bertz CT molecular complexity index is 1230. The Morgan fingerprint density at radius 3 is 2.59 bits per heavy atom. The van der Waals surface area contributed by atoms with Gasteiger partial charge in [0.25, 0.3) is 5.91 Å². The molecule has 10 nitrogen and oxygen atoms in total. The second kappa shape index (κ2) is 8.61. The average molecular weight is 453 g/mol. The van der Waals surface area contributed by atoms with E-state index in [4.69, 9.17) is 10.5 Å². The van der Waals surface area contributed by atoms with Crippen LogP contribution in [-0.4, -0.2) is 39.5 Å². The number of pyridine rings is 1. The minimum absolute atomic E-state index is 0.0395. The second-order valence-corrected chi connectivity index (χ2v) is 6.66. The number of hydrogen-bond acceptors (Lipinski definition) is 6. The van der Waals surface area contributed by atoms with Crippen molar-refractivity contribution in [1.29, 1.82) is 0 Å². The van der Waals surface area contributed by atoms with Crippen molar-refractivity contribution in [3.05, 3.63) is 58.1 Å². The Morgan fingerprint density at radius 2 is 1.97 bits per heavy atom. The molecule has 0 saturated carbocycles. The lowest BCUT2D eigenvalue weighted by Crippen LogP contribution is -2.32. The van der Waals surface area contributed by atoms with Crippen LogP contribution in [0.3, 0.4) is 0 Å². The zero-order valence-electron chi connectivity index (χ0n) is 16.8. The highest BCUT2D eigenvalue weighted by molar-refractivity contribution is 5.94. The van der Waals surface area contributed by atoms with Crippen LogP contribution in [0.5, 0.6) is 11.5 Å². The van der Waals surface area contributed by atoms with Gasteiger partial charge in [-0.1, -0.05) is 0 Å². The molecular weight excluding hydrogens is 435 g/mol. The quantitative estimate of drug-likeness (QED) is 0.556. The van der Waals surface area contributed by atoms with E-state index in [1.165, 1.54) is 44.5 Å². The summed E-state index contributed by atoms with van der Waals surface area (Å²) in [4.78, 5) is 36.3. The number of fused-ring (bicyclic) bond motifs is 1. The normalized spacial score (nSPS) is 12.4. The summed E-state index contributed by atoms with van der Waals surface area (Å²) in [5.41, 5.74) is 4.79. The molecule has 1 unspecified atom stereocenters. The second-order valence-electron chi connectivity index (χ2n) is 6.66. The van der Waals surface area contributed by atoms with E-state index in [0.717, 1.165) is 15.1 Å². The summed E-state index contributed by atoms with van der Waals surface area (Å²) >= 11 is 0. The molecule has 170 valence electrons. The molecule has 2 amide bonds. The molecule has 3 aromatic rings. The van der Waals surface area contributed by atoms with E-state index in [-0.39, 0.29) is 29.1 Å². The van der Waals surface area contributed by atoms with Crippen LogP contribution in [0.15, 0.2) is 41.3 Å². The summed E-state index contributed by atoms with van der Waals surface area (Å²) in [5, 5.41) is 6.46. The maximum Gasteiger partial charge on any atom is 0.573 e. The number of nitrogens with zero attached hydrogens (tertiary/aromatic N) is 3. The zero-order chi connectivity index (χ0) is 23.6. The van der Waals surface area contributed by atoms with E-state index >= 15 is 0 Å². The minimum atomic E-state index is -4.93. The van der Waals surface area contributed by atoms with Crippen molar-refractivity contribution in [3.8, 4) is 11.5 Å². The molecule has 1 aromatic carbocycles. The van der Waals surface area contributed by atoms with Crippen molar-refractivity contribution >= 4 is 17.5 Å². The molecule has 0 aliphatic carbocycles. The summed E-state index contributed by atoms with van der Waals surface area (Å²) in [5.74, 6) is -1.80. The van der Waals surface area contributed by atoms with Crippen LogP contribution in [0, 0.1) is 0 Å². The molecule has 0 fully saturated rings. The average Bonchev–Trinajstić information content (AvgIpc) is 3.06. The van der Waals surface area contributed by atoms with Gasteiger partial charge >= 0.3 is 12.1 Å². The van der Waals surface area contributed by atoms with Gasteiger partial charge in [0.05, 0.1) is 12.7 Å². The van der Waals surface area contributed by atoms with Crippen molar-refractivity contribution < 1.29 is 32.2 Å². The molecule has 3 N–H and O–H groups in total. The number of methoxy groups -OCH3 is 1. The predicted octanol–water partition coefficient (Wildman–Crippen LogP) is 1.38. The van der Waals surface area contributed by atoms with Crippen molar-refractivity contribution in [3.63, 3.8) is 0 Å². The van der Waals surface area contributed by atoms with E-state index in [2.05, 4.69) is 15.2 Å². The summed E-state index contributed by atoms with van der Waals surface area (Å²) in [6, 6.07) is 5.55. The molecule has 13 heteroatoms. The Morgan fingerprint density at radius 1 is 1.25 bits per heavy atom. The molecule has 1 atom stereocenters. The number of carbonyl (C=O) groups is 2. The van der Waals surface area contributed by atoms with Crippen LogP contribution in [0.4, 0.5) is 13.2 Å². The van der Waals surface area contributed by atoms with Gasteiger partial charge in [0.15, 0.2) is 5.65 Å². The summed E-state index contributed by atoms with van der Waals surface area (Å²) in [7, 11) is 1.29. The van der Waals surface area contributed by atoms with E-state index in [1.807, 2.05) is 0 Å². The Kier molecular flexibility index (Phi) is 6.09. The van der Waals surface area contributed by atoms with E-state index in [9.17, 15) is 27.6 Å². The van der Waals surface area contributed by atoms with Gasteiger partial charge < -0.3 is 20.5 Å². The molecule has 0 spiro atoms. The lowest BCUT2D eigenvalue weighted by Gasteiger charge is -2.15. The smallest absolute Gasteiger partial charge is 0.497 e. The highest BCUT2D eigenvalue weighted by Gasteiger charge is 2.32.